The minimum absolute atomic E-state index is 0.0985. The fraction of sp³-hybridized carbons (Fsp3) is 0.895. The van der Waals surface area contributed by atoms with Gasteiger partial charge in [-0.1, -0.05) is 19.9 Å². The molecule has 0 radical (unpaired) electrons. The maximum atomic E-state index is 14.2. The van der Waals surface area contributed by atoms with Crippen molar-refractivity contribution in [2.75, 3.05) is 0 Å². The number of hydrogen-bond acceptors (Lipinski definition) is 2. The Morgan fingerprint density at radius 2 is 1.91 bits per heavy atom. The summed E-state index contributed by atoms with van der Waals surface area (Å²) in [6, 6.07) is 0. The van der Waals surface area contributed by atoms with E-state index >= 15 is 0 Å². The predicted molar refractivity (Wildman–Crippen MR) is 84.0 cm³/mol. The predicted octanol–water partition coefficient (Wildman–Crippen LogP) is 3.62. The maximum Gasteiger partial charge on any atom is 0.127 e. The van der Waals surface area contributed by atoms with E-state index in [-0.39, 0.29) is 22.9 Å². The Morgan fingerprint density at radius 1 is 1.14 bits per heavy atom. The lowest BCUT2D eigenvalue weighted by atomic mass is 9.47. The molecule has 3 fully saturated rings. The lowest BCUT2D eigenvalue weighted by Crippen LogP contribution is -2.54. The Hall–Kier alpha value is -0.410. The summed E-state index contributed by atoms with van der Waals surface area (Å²) >= 11 is 0. The van der Waals surface area contributed by atoms with E-state index in [0.29, 0.717) is 18.3 Å². The SMILES string of the molecule is C[C@]12CC[C@H]3[C@@H](C[C@H](O)C4=CCCC[C@@]43C)[C@@H]1C[C@@H](F)[C@H]2O. The van der Waals surface area contributed by atoms with E-state index in [9.17, 15) is 14.6 Å². The van der Waals surface area contributed by atoms with Gasteiger partial charge in [0.1, 0.15) is 6.17 Å². The van der Waals surface area contributed by atoms with E-state index in [1.54, 1.807) is 0 Å². The Balaban J connectivity index is 1.72. The molecule has 0 unspecified atom stereocenters. The van der Waals surface area contributed by atoms with Crippen molar-refractivity contribution in [2.45, 2.75) is 77.2 Å². The monoisotopic (exact) mass is 308 g/mol. The maximum absolute atomic E-state index is 14.2. The van der Waals surface area contributed by atoms with Crippen LogP contribution in [0.4, 0.5) is 4.39 Å². The first-order chi connectivity index (χ1) is 10.4. The van der Waals surface area contributed by atoms with Gasteiger partial charge in [0, 0.05) is 0 Å². The van der Waals surface area contributed by atoms with E-state index in [4.69, 9.17) is 0 Å². The molecule has 3 heteroatoms. The van der Waals surface area contributed by atoms with Crippen LogP contribution in [0.2, 0.25) is 0 Å². The molecule has 22 heavy (non-hydrogen) atoms. The van der Waals surface area contributed by atoms with Crippen LogP contribution in [0, 0.1) is 28.6 Å². The summed E-state index contributed by atoms with van der Waals surface area (Å²) in [6.07, 6.45) is 6.73. The zero-order chi connectivity index (χ0) is 15.7. The second-order valence-electron chi connectivity index (χ2n) is 8.84. The molecular formula is C19H29FO2. The highest BCUT2D eigenvalue weighted by molar-refractivity contribution is 5.27. The molecule has 8 atom stereocenters. The average Bonchev–Trinajstić information content (AvgIpc) is 2.71. The van der Waals surface area contributed by atoms with Crippen LogP contribution in [0.1, 0.15) is 58.8 Å². The second-order valence-corrected chi connectivity index (χ2v) is 8.84. The lowest BCUT2D eigenvalue weighted by molar-refractivity contribution is -0.0967. The highest BCUT2D eigenvalue weighted by atomic mass is 19.1. The Morgan fingerprint density at radius 3 is 2.68 bits per heavy atom. The van der Waals surface area contributed by atoms with Crippen molar-refractivity contribution < 1.29 is 14.6 Å². The van der Waals surface area contributed by atoms with Gasteiger partial charge in [-0.15, -0.1) is 0 Å². The zero-order valence-corrected chi connectivity index (χ0v) is 13.8. The van der Waals surface area contributed by atoms with Gasteiger partial charge in [-0.3, -0.25) is 0 Å². The van der Waals surface area contributed by atoms with Crippen molar-refractivity contribution >= 4 is 0 Å². The number of hydrogen-bond donors (Lipinski definition) is 2. The molecule has 3 saturated carbocycles. The summed E-state index contributed by atoms with van der Waals surface area (Å²) in [5.41, 5.74) is 1.08. The fourth-order valence-corrected chi connectivity index (χ4v) is 6.76. The minimum Gasteiger partial charge on any atom is -0.390 e. The normalized spacial score (nSPS) is 57.6. The molecule has 4 aliphatic rings. The Bertz CT molecular complexity index is 504. The summed E-state index contributed by atoms with van der Waals surface area (Å²) in [7, 11) is 0. The number of halogens is 1. The average molecular weight is 308 g/mol. The molecule has 0 aliphatic heterocycles. The van der Waals surface area contributed by atoms with Gasteiger partial charge in [-0.05, 0) is 79.1 Å². The quantitative estimate of drug-likeness (QED) is 0.671. The molecule has 0 heterocycles. The van der Waals surface area contributed by atoms with Crippen LogP contribution < -0.4 is 0 Å². The van der Waals surface area contributed by atoms with Crippen LogP contribution in [0.25, 0.3) is 0 Å². The number of fused-ring (bicyclic) bond motifs is 5. The molecular weight excluding hydrogens is 279 g/mol. The van der Waals surface area contributed by atoms with Crippen LogP contribution in [0.5, 0.6) is 0 Å². The van der Waals surface area contributed by atoms with Gasteiger partial charge in [-0.2, -0.15) is 0 Å². The summed E-state index contributed by atoms with van der Waals surface area (Å²) in [5.74, 6) is 1.15. The van der Waals surface area contributed by atoms with Crippen LogP contribution in [0.15, 0.2) is 11.6 Å². The molecule has 0 aromatic heterocycles. The topological polar surface area (TPSA) is 40.5 Å². The fourth-order valence-electron chi connectivity index (χ4n) is 6.76. The van der Waals surface area contributed by atoms with Gasteiger partial charge in [0.25, 0.3) is 0 Å². The number of rotatable bonds is 0. The third-order valence-electron chi connectivity index (χ3n) is 7.97. The number of aliphatic hydroxyl groups excluding tert-OH is 2. The van der Waals surface area contributed by atoms with Crippen LogP contribution in [0.3, 0.4) is 0 Å². The van der Waals surface area contributed by atoms with E-state index in [2.05, 4.69) is 19.9 Å². The molecule has 0 amide bonds. The summed E-state index contributed by atoms with van der Waals surface area (Å²) in [6.45, 7) is 4.41. The zero-order valence-electron chi connectivity index (χ0n) is 13.8. The van der Waals surface area contributed by atoms with Crippen molar-refractivity contribution in [1.29, 1.82) is 0 Å². The largest absolute Gasteiger partial charge is 0.390 e. The third kappa shape index (κ3) is 1.78. The van der Waals surface area contributed by atoms with Gasteiger partial charge in [-0.25, -0.2) is 4.39 Å². The van der Waals surface area contributed by atoms with Gasteiger partial charge in [0.2, 0.25) is 0 Å². The van der Waals surface area contributed by atoms with E-state index < -0.39 is 12.3 Å². The Labute approximate surface area is 132 Å². The van der Waals surface area contributed by atoms with Crippen molar-refractivity contribution in [1.82, 2.24) is 0 Å². The minimum atomic E-state index is -1.08. The van der Waals surface area contributed by atoms with Gasteiger partial charge in [0.15, 0.2) is 0 Å². The van der Waals surface area contributed by atoms with Gasteiger partial charge < -0.3 is 10.2 Å². The lowest BCUT2D eigenvalue weighted by Gasteiger charge is -2.58. The molecule has 0 spiro atoms. The molecule has 0 bridgehead atoms. The van der Waals surface area contributed by atoms with Crippen molar-refractivity contribution in [3.63, 3.8) is 0 Å². The first-order valence-electron chi connectivity index (χ1n) is 9.08. The molecule has 0 aromatic carbocycles. The molecule has 124 valence electrons. The second kappa shape index (κ2) is 4.80. The van der Waals surface area contributed by atoms with Gasteiger partial charge >= 0.3 is 0 Å². The molecule has 2 N–H and O–H groups in total. The molecule has 0 saturated heterocycles. The summed E-state index contributed by atoms with van der Waals surface area (Å²) in [5, 5.41) is 21.1. The van der Waals surface area contributed by atoms with Crippen LogP contribution in [-0.2, 0) is 0 Å². The first kappa shape index (κ1) is 15.1. The van der Waals surface area contributed by atoms with E-state index in [1.807, 2.05) is 0 Å². The van der Waals surface area contributed by atoms with Crippen LogP contribution in [-0.4, -0.2) is 28.6 Å². The third-order valence-corrected chi connectivity index (χ3v) is 7.97. The smallest absolute Gasteiger partial charge is 0.127 e. The summed E-state index contributed by atoms with van der Waals surface area (Å²) < 4.78 is 14.2. The van der Waals surface area contributed by atoms with Gasteiger partial charge in [0.05, 0.1) is 12.2 Å². The highest BCUT2D eigenvalue weighted by Gasteiger charge is 2.62. The van der Waals surface area contributed by atoms with Crippen molar-refractivity contribution in [2.24, 2.45) is 28.6 Å². The highest BCUT2D eigenvalue weighted by Crippen LogP contribution is 2.65. The van der Waals surface area contributed by atoms with Crippen LogP contribution >= 0.6 is 0 Å². The van der Waals surface area contributed by atoms with E-state index in [1.165, 1.54) is 12.0 Å². The molecule has 4 rings (SSSR count). The number of alkyl halides is 1. The standard InChI is InChI=1S/C19H29FO2/c1-18-7-4-3-5-13(18)16(21)9-11-12(18)6-8-19(2)14(11)10-15(20)17(19)22/h5,11-12,14-17,21-22H,3-4,6-10H2,1-2H3/t11-,12+,14+,15-,16+,17-,18-,19+/m1/s1. The molecule has 2 nitrogen and oxygen atoms in total. The first-order valence-corrected chi connectivity index (χ1v) is 9.08. The number of allylic oxidation sites excluding steroid dienone is 1. The summed E-state index contributed by atoms with van der Waals surface area (Å²) in [4.78, 5) is 0. The Kier molecular flexibility index (Phi) is 3.30. The van der Waals surface area contributed by atoms with Crippen molar-refractivity contribution in [3.8, 4) is 0 Å². The molecule has 0 aromatic rings. The number of aliphatic hydroxyl groups is 2. The van der Waals surface area contributed by atoms with E-state index in [0.717, 1.165) is 32.1 Å². The molecule has 4 aliphatic carbocycles. The van der Waals surface area contributed by atoms with Crippen molar-refractivity contribution in [3.05, 3.63) is 11.6 Å².